The molecular formula is C12H12BrFN2O3. The highest BCUT2D eigenvalue weighted by molar-refractivity contribution is 9.10. The zero-order chi connectivity index (χ0) is 14.0. The van der Waals surface area contributed by atoms with Crippen molar-refractivity contribution in [2.45, 2.75) is 6.54 Å². The Morgan fingerprint density at radius 2 is 2.16 bits per heavy atom. The van der Waals surface area contributed by atoms with Gasteiger partial charge in [-0.05, 0) is 12.1 Å². The number of hydrogen-bond acceptors (Lipinski definition) is 2. The average molecular weight is 331 g/mol. The van der Waals surface area contributed by atoms with Crippen LogP contribution in [0.2, 0.25) is 0 Å². The summed E-state index contributed by atoms with van der Waals surface area (Å²) in [6.45, 7) is 0.513. The van der Waals surface area contributed by atoms with E-state index in [4.69, 9.17) is 5.11 Å². The first kappa shape index (κ1) is 13.8. The smallest absolute Gasteiger partial charge is 0.407 e. The zero-order valence-electron chi connectivity index (χ0n) is 9.97. The highest BCUT2D eigenvalue weighted by Crippen LogP contribution is 2.18. The van der Waals surface area contributed by atoms with Crippen LogP contribution in [0, 0.1) is 5.82 Å². The number of carbonyl (C=O) groups excluding carboxylic acids is 1. The molecule has 1 N–H and O–H groups in total. The van der Waals surface area contributed by atoms with Crippen molar-refractivity contribution in [3.8, 4) is 0 Å². The van der Waals surface area contributed by atoms with Crippen molar-refractivity contribution < 1.29 is 19.1 Å². The molecule has 7 heteroatoms. The van der Waals surface area contributed by atoms with Crippen LogP contribution in [0.4, 0.5) is 9.18 Å². The Kier molecular flexibility index (Phi) is 4.04. The Morgan fingerprint density at radius 1 is 1.42 bits per heavy atom. The predicted octanol–water partition coefficient (Wildman–Crippen LogP) is 1.91. The number of carbonyl (C=O) groups is 2. The number of carboxylic acid groups (broad SMARTS) is 1. The summed E-state index contributed by atoms with van der Waals surface area (Å²) in [6.07, 6.45) is -1.11. The summed E-state index contributed by atoms with van der Waals surface area (Å²) >= 11 is 3.16. The molecule has 1 fully saturated rings. The molecule has 1 aromatic rings. The largest absolute Gasteiger partial charge is 0.465 e. The molecule has 0 atom stereocenters. The first-order chi connectivity index (χ1) is 8.97. The highest BCUT2D eigenvalue weighted by atomic mass is 79.9. The number of halogens is 2. The quantitative estimate of drug-likeness (QED) is 0.901. The molecule has 0 radical (unpaired) electrons. The molecule has 0 bridgehead atoms. The fourth-order valence-electron chi connectivity index (χ4n) is 1.89. The van der Waals surface area contributed by atoms with Crippen LogP contribution in [0.3, 0.4) is 0 Å². The van der Waals surface area contributed by atoms with Gasteiger partial charge in [-0.2, -0.15) is 0 Å². The van der Waals surface area contributed by atoms with Gasteiger partial charge < -0.3 is 10.0 Å². The summed E-state index contributed by atoms with van der Waals surface area (Å²) in [5.74, 6) is -0.696. The molecule has 1 aliphatic rings. The van der Waals surface area contributed by atoms with Crippen molar-refractivity contribution in [2.24, 2.45) is 0 Å². The maximum Gasteiger partial charge on any atom is 0.407 e. The Morgan fingerprint density at radius 3 is 2.74 bits per heavy atom. The number of benzene rings is 1. The molecule has 2 amide bonds. The van der Waals surface area contributed by atoms with E-state index in [9.17, 15) is 14.0 Å². The number of piperazine rings is 1. The maximum absolute atomic E-state index is 13.7. The molecule has 0 unspecified atom stereocenters. The van der Waals surface area contributed by atoms with E-state index in [1.807, 2.05) is 0 Å². The van der Waals surface area contributed by atoms with Gasteiger partial charge in [0.05, 0.1) is 0 Å². The highest BCUT2D eigenvalue weighted by Gasteiger charge is 2.27. The van der Waals surface area contributed by atoms with Gasteiger partial charge in [0.2, 0.25) is 5.91 Å². The summed E-state index contributed by atoms with van der Waals surface area (Å²) in [6, 6.07) is 4.65. The van der Waals surface area contributed by atoms with Crippen LogP contribution >= 0.6 is 15.9 Å². The third-order valence-corrected chi connectivity index (χ3v) is 3.46. The molecular weight excluding hydrogens is 319 g/mol. The standard InChI is InChI=1S/C12H12BrFN2O3/c13-9-2-1-8(10(14)5-9)6-15-3-4-16(12(18)19)7-11(15)17/h1-2,5H,3-4,6-7H2,(H,18,19). The number of nitrogens with zero attached hydrogens (tertiary/aromatic N) is 2. The second-order valence-electron chi connectivity index (χ2n) is 4.26. The van der Waals surface area contributed by atoms with Gasteiger partial charge in [0.1, 0.15) is 12.4 Å². The summed E-state index contributed by atoms with van der Waals surface area (Å²) in [4.78, 5) is 25.0. The molecule has 0 aromatic heterocycles. The van der Waals surface area contributed by atoms with Crippen LogP contribution < -0.4 is 0 Å². The van der Waals surface area contributed by atoms with Gasteiger partial charge in [-0.3, -0.25) is 9.69 Å². The van der Waals surface area contributed by atoms with Crippen molar-refractivity contribution in [1.82, 2.24) is 9.80 Å². The zero-order valence-corrected chi connectivity index (χ0v) is 11.6. The molecule has 1 aromatic carbocycles. The van der Waals surface area contributed by atoms with Gasteiger partial charge >= 0.3 is 6.09 Å². The van der Waals surface area contributed by atoms with E-state index in [0.717, 1.165) is 4.90 Å². The number of hydrogen-bond donors (Lipinski definition) is 1. The van der Waals surface area contributed by atoms with Crippen molar-refractivity contribution in [3.05, 3.63) is 34.1 Å². The van der Waals surface area contributed by atoms with Crippen LogP contribution in [0.1, 0.15) is 5.56 Å². The third kappa shape index (κ3) is 3.23. The van der Waals surface area contributed by atoms with Crippen LogP contribution in [-0.2, 0) is 11.3 Å². The minimum absolute atomic E-state index is 0.158. The Hall–Kier alpha value is -1.63. The lowest BCUT2D eigenvalue weighted by Gasteiger charge is -2.32. The van der Waals surface area contributed by atoms with Gasteiger partial charge in [0.15, 0.2) is 0 Å². The van der Waals surface area contributed by atoms with E-state index in [1.165, 1.54) is 11.0 Å². The Balaban J connectivity index is 2.04. The third-order valence-electron chi connectivity index (χ3n) is 2.97. The van der Waals surface area contributed by atoms with E-state index in [0.29, 0.717) is 10.0 Å². The fraction of sp³-hybridized carbons (Fsp3) is 0.333. The molecule has 19 heavy (non-hydrogen) atoms. The average Bonchev–Trinajstić information content (AvgIpc) is 2.34. The molecule has 0 saturated carbocycles. The van der Waals surface area contributed by atoms with Crippen LogP contribution in [0.5, 0.6) is 0 Å². The molecule has 0 spiro atoms. The SMILES string of the molecule is O=C(O)N1CCN(Cc2ccc(Br)cc2F)C(=O)C1. The van der Waals surface area contributed by atoms with Crippen molar-refractivity contribution >= 4 is 27.9 Å². The second kappa shape index (κ2) is 5.56. The van der Waals surface area contributed by atoms with E-state index in [1.54, 1.807) is 12.1 Å². The first-order valence-corrected chi connectivity index (χ1v) is 6.46. The van der Waals surface area contributed by atoms with Gasteiger partial charge in [-0.1, -0.05) is 22.0 Å². The second-order valence-corrected chi connectivity index (χ2v) is 5.17. The lowest BCUT2D eigenvalue weighted by Crippen LogP contribution is -2.51. The van der Waals surface area contributed by atoms with Gasteiger partial charge in [0.25, 0.3) is 0 Å². The van der Waals surface area contributed by atoms with E-state index in [-0.39, 0.29) is 37.9 Å². The van der Waals surface area contributed by atoms with Crippen molar-refractivity contribution in [3.63, 3.8) is 0 Å². The van der Waals surface area contributed by atoms with Crippen molar-refractivity contribution in [2.75, 3.05) is 19.6 Å². The Labute approximate surface area is 117 Å². The van der Waals surface area contributed by atoms with Crippen molar-refractivity contribution in [1.29, 1.82) is 0 Å². The van der Waals surface area contributed by atoms with Gasteiger partial charge in [-0.15, -0.1) is 0 Å². The lowest BCUT2D eigenvalue weighted by atomic mass is 10.2. The van der Waals surface area contributed by atoms with E-state index in [2.05, 4.69) is 15.9 Å². The monoisotopic (exact) mass is 330 g/mol. The summed E-state index contributed by atoms with van der Waals surface area (Å²) in [5, 5.41) is 8.80. The first-order valence-electron chi connectivity index (χ1n) is 5.67. The van der Waals surface area contributed by atoms with Crippen LogP contribution in [0.15, 0.2) is 22.7 Å². The van der Waals surface area contributed by atoms with Crippen LogP contribution in [-0.4, -0.2) is 46.5 Å². The maximum atomic E-state index is 13.7. The minimum Gasteiger partial charge on any atom is -0.465 e. The molecule has 0 aliphatic carbocycles. The van der Waals surface area contributed by atoms with Gasteiger partial charge in [-0.25, -0.2) is 9.18 Å². The minimum atomic E-state index is -1.11. The predicted molar refractivity (Wildman–Crippen MR) is 69.1 cm³/mol. The van der Waals surface area contributed by atoms with E-state index < -0.39 is 6.09 Å². The summed E-state index contributed by atoms with van der Waals surface area (Å²) in [5.41, 5.74) is 0.417. The summed E-state index contributed by atoms with van der Waals surface area (Å²) in [7, 11) is 0. The van der Waals surface area contributed by atoms with Crippen LogP contribution in [0.25, 0.3) is 0 Å². The lowest BCUT2D eigenvalue weighted by molar-refractivity contribution is -0.135. The molecule has 1 aliphatic heterocycles. The molecule has 5 nitrogen and oxygen atoms in total. The molecule has 1 saturated heterocycles. The topological polar surface area (TPSA) is 60.9 Å². The number of amides is 2. The fourth-order valence-corrected chi connectivity index (χ4v) is 2.23. The van der Waals surface area contributed by atoms with Gasteiger partial charge in [0, 0.05) is 29.7 Å². The number of rotatable bonds is 2. The Bertz CT molecular complexity index is 524. The molecule has 2 rings (SSSR count). The molecule has 1 heterocycles. The normalized spacial score (nSPS) is 15.8. The summed E-state index contributed by atoms with van der Waals surface area (Å²) < 4.78 is 14.3. The van der Waals surface area contributed by atoms with E-state index >= 15 is 0 Å². The molecule has 102 valence electrons.